The Kier molecular flexibility index (Phi) is 20.4. The highest BCUT2D eigenvalue weighted by molar-refractivity contribution is 6.28. The molecule has 2 saturated heterocycles. The summed E-state index contributed by atoms with van der Waals surface area (Å²) in [5, 5.41) is 3.20. The van der Waals surface area contributed by atoms with Gasteiger partial charge in [-0.05, 0) is 170 Å². The summed E-state index contributed by atoms with van der Waals surface area (Å²) in [6.45, 7) is 17.8. The molecule has 4 aromatic rings. The van der Waals surface area contributed by atoms with E-state index in [9.17, 15) is 9.59 Å². The minimum Gasteiger partial charge on any atom is -0.353 e. The zero-order valence-electron chi connectivity index (χ0n) is 43.4. The Labute approximate surface area is 421 Å². The number of nitrogens with one attached hydrogen (secondary N) is 1. The van der Waals surface area contributed by atoms with Gasteiger partial charge in [0.15, 0.2) is 24.2 Å². The van der Waals surface area contributed by atoms with Crippen molar-refractivity contribution < 1.29 is 28.5 Å². The van der Waals surface area contributed by atoms with Crippen LogP contribution >= 0.6 is 11.6 Å². The Morgan fingerprint density at radius 3 is 1.83 bits per heavy atom. The number of aromatic nitrogens is 6. The number of hydrogen-bond acceptors (Lipinski definition) is 14. The van der Waals surface area contributed by atoms with Crippen molar-refractivity contribution >= 4 is 34.9 Å². The molecule has 2 aliphatic carbocycles. The maximum Gasteiger partial charge on any atom is 0.239 e. The van der Waals surface area contributed by atoms with Crippen molar-refractivity contribution in [2.45, 2.75) is 163 Å². The van der Waals surface area contributed by atoms with Gasteiger partial charge < -0.3 is 34.1 Å². The molecular formula is C54H78ClN9O6. The SMILES string of the molecule is CN(CC(=O)CC(C)(C)C)c1nc(-c2cc(CCOC3CCCCO3)ccn2)nc2c1CCC2.CN(CC(=O)NC(C)(C)C)c1nc(Cl)nc2c1CCC2.Cc1cc(CCOC2CCCCO2)ccn1. The number of rotatable bonds is 16. The first-order valence-electron chi connectivity index (χ1n) is 25.4. The molecule has 4 aliphatic rings. The monoisotopic (exact) mass is 984 g/mol. The van der Waals surface area contributed by atoms with Gasteiger partial charge >= 0.3 is 0 Å². The summed E-state index contributed by atoms with van der Waals surface area (Å²) in [4.78, 5) is 55.5. The molecule has 0 spiro atoms. The van der Waals surface area contributed by atoms with Crippen LogP contribution in [0.15, 0.2) is 36.7 Å². The van der Waals surface area contributed by atoms with Gasteiger partial charge in [-0.15, -0.1) is 0 Å². The van der Waals surface area contributed by atoms with Crippen molar-refractivity contribution in [3.63, 3.8) is 0 Å². The Bertz CT molecular complexity index is 2320. The van der Waals surface area contributed by atoms with Crippen LogP contribution in [-0.4, -0.2) is 113 Å². The van der Waals surface area contributed by atoms with Gasteiger partial charge in [0.05, 0.1) is 32.0 Å². The molecule has 2 aliphatic heterocycles. The molecule has 1 N–H and O–H groups in total. The largest absolute Gasteiger partial charge is 0.353 e. The minimum atomic E-state index is -0.233. The highest BCUT2D eigenvalue weighted by Crippen LogP contribution is 2.32. The van der Waals surface area contributed by atoms with E-state index in [1.807, 2.05) is 76.1 Å². The second kappa shape index (κ2) is 26.1. The van der Waals surface area contributed by atoms with Crippen LogP contribution < -0.4 is 15.1 Å². The zero-order chi connectivity index (χ0) is 50.3. The molecule has 0 aromatic carbocycles. The third-order valence-corrected chi connectivity index (χ3v) is 12.4. The molecule has 1 amide bonds. The highest BCUT2D eigenvalue weighted by Gasteiger charge is 2.26. The molecule has 0 saturated carbocycles. The molecular weight excluding hydrogens is 906 g/mol. The standard InChI is InChI=1S/C27H38N4O3.C14H21ClN4O.C13H19NO2/c1-27(2,3)17-20(32)18-31(4)26-21-8-7-9-22(21)29-25(30-26)23-16-19(11-13-28-23)12-15-34-24-10-5-6-14-33-24;1-14(2,3)18-11(20)8-19(4)12-9-6-5-7-10(9)16-13(15)17-12;1-11-10-12(5-7-14-11)6-9-16-13-4-2-3-8-15-13/h11,13,16,24H,5-10,12,14-15,17-18H2,1-4H3;5-8H2,1-4H3,(H,18,20);5,7,10,13H,2-4,6,8-9H2,1H3. The smallest absolute Gasteiger partial charge is 0.239 e. The minimum absolute atomic E-state index is 0.0200. The predicted octanol–water partition coefficient (Wildman–Crippen LogP) is 9.00. The number of carbonyl (C=O) groups excluding carboxylic acids is 2. The van der Waals surface area contributed by atoms with Crippen molar-refractivity contribution in [2.24, 2.45) is 5.41 Å². The summed E-state index contributed by atoms with van der Waals surface area (Å²) >= 11 is 5.97. The van der Waals surface area contributed by atoms with E-state index in [0.29, 0.717) is 25.4 Å². The number of aryl methyl sites for hydroxylation is 3. The van der Waals surface area contributed by atoms with Crippen molar-refractivity contribution in [1.82, 2.24) is 35.2 Å². The van der Waals surface area contributed by atoms with E-state index in [1.165, 1.54) is 30.4 Å². The van der Waals surface area contributed by atoms with Crippen LogP contribution in [0.3, 0.4) is 0 Å². The number of anilines is 2. The number of likely N-dealkylation sites (N-methyl/N-ethyl adjacent to an activating group) is 2. The van der Waals surface area contributed by atoms with Gasteiger partial charge in [0, 0.05) is 74.2 Å². The lowest BCUT2D eigenvalue weighted by molar-refractivity contribution is -0.161. The number of pyridine rings is 2. The fourth-order valence-corrected chi connectivity index (χ4v) is 9.27. The number of amides is 1. The first kappa shape index (κ1) is 54.7. The fraction of sp³-hybridized carbons (Fsp3) is 0.630. The number of fused-ring (bicyclic) bond motifs is 2. The lowest BCUT2D eigenvalue weighted by Gasteiger charge is -2.25. The maximum atomic E-state index is 12.6. The number of hydrogen-bond donors (Lipinski definition) is 1. The van der Waals surface area contributed by atoms with E-state index in [2.05, 4.69) is 58.2 Å². The van der Waals surface area contributed by atoms with Gasteiger partial charge in [0.25, 0.3) is 0 Å². The molecule has 16 heteroatoms. The molecule has 2 fully saturated rings. The molecule has 2 atom stereocenters. The van der Waals surface area contributed by atoms with Gasteiger partial charge in [-0.1, -0.05) is 20.8 Å². The normalized spacial score (nSPS) is 17.6. The van der Waals surface area contributed by atoms with Crippen LogP contribution in [0.2, 0.25) is 5.28 Å². The van der Waals surface area contributed by atoms with E-state index >= 15 is 0 Å². The number of ether oxygens (including phenoxy) is 4. The van der Waals surface area contributed by atoms with Crippen LogP contribution in [0.4, 0.5) is 11.6 Å². The Hall–Kier alpha value is -4.67. The Balaban J connectivity index is 0.000000189. The number of halogens is 1. The van der Waals surface area contributed by atoms with Crippen molar-refractivity contribution in [3.05, 3.63) is 81.3 Å². The molecule has 382 valence electrons. The van der Waals surface area contributed by atoms with Crippen LogP contribution in [0, 0.1) is 12.3 Å². The van der Waals surface area contributed by atoms with Crippen LogP contribution in [-0.2, 0) is 67.1 Å². The Morgan fingerprint density at radius 2 is 1.27 bits per heavy atom. The molecule has 15 nitrogen and oxygen atoms in total. The molecule has 0 radical (unpaired) electrons. The number of ketones is 1. The van der Waals surface area contributed by atoms with Crippen molar-refractivity contribution in [1.29, 1.82) is 0 Å². The third-order valence-electron chi connectivity index (χ3n) is 12.2. The zero-order valence-corrected chi connectivity index (χ0v) is 44.1. The third kappa shape index (κ3) is 17.9. The number of nitrogens with zero attached hydrogens (tertiary/aromatic N) is 8. The molecule has 6 heterocycles. The van der Waals surface area contributed by atoms with Gasteiger partial charge in [0.1, 0.15) is 17.3 Å². The van der Waals surface area contributed by atoms with Crippen LogP contribution in [0.5, 0.6) is 0 Å². The van der Waals surface area contributed by atoms with E-state index < -0.39 is 0 Å². The second-order valence-electron chi connectivity index (χ2n) is 21.2. The molecule has 2 unspecified atom stereocenters. The average Bonchev–Trinajstić information content (AvgIpc) is 3.99. The van der Waals surface area contributed by atoms with Crippen molar-refractivity contribution in [2.75, 3.05) is 63.4 Å². The fourth-order valence-electron chi connectivity index (χ4n) is 9.09. The maximum absolute atomic E-state index is 12.6. The van der Waals surface area contributed by atoms with E-state index in [-0.39, 0.29) is 47.1 Å². The molecule has 4 aromatic heterocycles. The summed E-state index contributed by atoms with van der Waals surface area (Å²) < 4.78 is 22.7. The summed E-state index contributed by atoms with van der Waals surface area (Å²) in [6, 6.07) is 8.21. The molecule has 0 bridgehead atoms. The first-order valence-corrected chi connectivity index (χ1v) is 25.8. The lowest BCUT2D eigenvalue weighted by atomic mass is 9.90. The average molecular weight is 985 g/mol. The Morgan fingerprint density at radius 1 is 0.714 bits per heavy atom. The van der Waals surface area contributed by atoms with Gasteiger partial charge in [-0.25, -0.2) is 19.9 Å². The van der Waals surface area contributed by atoms with Crippen LogP contribution in [0.25, 0.3) is 11.5 Å². The lowest BCUT2D eigenvalue weighted by Crippen LogP contribution is -2.45. The molecule has 8 rings (SSSR count). The van der Waals surface area contributed by atoms with Crippen LogP contribution in [0.1, 0.15) is 139 Å². The summed E-state index contributed by atoms with van der Waals surface area (Å²) in [5.41, 5.74) is 8.39. The topological polar surface area (TPSA) is 167 Å². The molecule has 70 heavy (non-hydrogen) atoms. The first-order chi connectivity index (χ1) is 33.4. The van der Waals surface area contributed by atoms with E-state index in [1.54, 1.807) is 0 Å². The van der Waals surface area contributed by atoms with Gasteiger partial charge in [-0.2, -0.15) is 0 Å². The highest BCUT2D eigenvalue weighted by atomic mass is 35.5. The van der Waals surface area contributed by atoms with Gasteiger partial charge in [0.2, 0.25) is 11.2 Å². The predicted molar refractivity (Wildman–Crippen MR) is 275 cm³/mol. The quantitative estimate of drug-likeness (QED) is 0.106. The number of Topliss-reactive ketones (excluding diaryl/α,β-unsaturated/α-hetero) is 1. The van der Waals surface area contributed by atoms with E-state index in [0.717, 1.165) is 136 Å². The number of carbonyl (C=O) groups is 2. The summed E-state index contributed by atoms with van der Waals surface area (Å²) in [6.07, 6.45) is 18.5. The second-order valence-corrected chi connectivity index (χ2v) is 21.6. The summed E-state index contributed by atoms with van der Waals surface area (Å²) in [5.74, 6) is 2.47. The van der Waals surface area contributed by atoms with Gasteiger partial charge in [-0.3, -0.25) is 19.6 Å². The van der Waals surface area contributed by atoms with E-state index in [4.69, 9.17) is 40.5 Å². The summed E-state index contributed by atoms with van der Waals surface area (Å²) in [7, 11) is 3.82. The van der Waals surface area contributed by atoms with Crippen molar-refractivity contribution in [3.8, 4) is 11.5 Å².